The van der Waals surface area contributed by atoms with E-state index in [4.69, 9.17) is 5.11 Å². The lowest BCUT2D eigenvalue weighted by molar-refractivity contribution is -0.138. The number of carbonyl (C=O) groups excluding carboxylic acids is 1. The van der Waals surface area contributed by atoms with Crippen LogP contribution < -0.4 is 0 Å². The number of ether oxygens (including phenoxy) is 1. The number of hydrogen-bond acceptors (Lipinski definition) is 3. The van der Waals surface area contributed by atoms with Gasteiger partial charge in [0.1, 0.15) is 6.61 Å². The lowest BCUT2D eigenvalue weighted by Crippen LogP contribution is -2.10. The highest BCUT2D eigenvalue weighted by molar-refractivity contribution is 5.89. The third kappa shape index (κ3) is 4.79. The number of esters is 1. The summed E-state index contributed by atoms with van der Waals surface area (Å²) in [7, 11) is 0. The van der Waals surface area contributed by atoms with E-state index in [0.717, 1.165) is 5.56 Å². The molecule has 4 nitrogen and oxygen atoms in total. The van der Waals surface area contributed by atoms with Crippen molar-refractivity contribution in [1.29, 1.82) is 0 Å². The van der Waals surface area contributed by atoms with E-state index in [1.807, 2.05) is 30.3 Å². The van der Waals surface area contributed by atoms with Crippen LogP contribution in [0.3, 0.4) is 0 Å². The minimum absolute atomic E-state index is 0.161. The maximum atomic E-state index is 11.2. The largest absolute Gasteiger partial charge is 0.478 e. The molecule has 0 aromatic heterocycles. The van der Waals surface area contributed by atoms with E-state index >= 15 is 0 Å². The van der Waals surface area contributed by atoms with Gasteiger partial charge >= 0.3 is 11.9 Å². The number of rotatable bonds is 5. The summed E-state index contributed by atoms with van der Waals surface area (Å²) in [6.07, 6.45) is 2.83. The summed E-state index contributed by atoms with van der Waals surface area (Å²) < 4.78 is 4.68. The van der Waals surface area contributed by atoms with Crippen LogP contribution >= 0.6 is 0 Å². The number of benzene rings is 1. The van der Waals surface area contributed by atoms with Crippen molar-refractivity contribution < 1.29 is 19.4 Å². The number of aliphatic carboxylic acids is 1. The van der Waals surface area contributed by atoms with Gasteiger partial charge < -0.3 is 9.84 Å². The molecule has 0 bridgehead atoms. The molecule has 0 heterocycles. The molecule has 17 heavy (non-hydrogen) atoms. The van der Waals surface area contributed by atoms with Crippen LogP contribution in [0.15, 0.2) is 48.6 Å². The minimum atomic E-state index is -1.18. The molecule has 1 aromatic rings. The summed E-state index contributed by atoms with van der Waals surface area (Å²) in [6, 6.07) is 9.22. The molecule has 0 fully saturated rings. The summed E-state index contributed by atoms with van der Waals surface area (Å²) in [5.41, 5.74) is 0.702. The molecule has 1 aromatic carbocycles. The molecule has 0 aliphatic rings. The summed E-state index contributed by atoms with van der Waals surface area (Å²) >= 11 is 0. The summed E-state index contributed by atoms with van der Waals surface area (Å²) in [5, 5.41) is 8.49. The molecule has 0 unspecified atom stereocenters. The molecule has 4 heteroatoms. The topological polar surface area (TPSA) is 63.6 Å². The van der Waals surface area contributed by atoms with E-state index in [1.165, 1.54) is 6.08 Å². The Morgan fingerprint density at radius 1 is 1.29 bits per heavy atom. The van der Waals surface area contributed by atoms with Gasteiger partial charge in [0.2, 0.25) is 0 Å². The van der Waals surface area contributed by atoms with Crippen molar-refractivity contribution in [3.8, 4) is 0 Å². The van der Waals surface area contributed by atoms with Crippen molar-refractivity contribution in [2.75, 3.05) is 6.61 Å². The fourth-order valence-corrected chi connectivity index (χ4v) is 0.997. The third-order valence-corrected chi connectivity index (χ3v) is 1.90. The zero-order chi connectivity index (χ0) is 12.7. The van der Waals surface area contributed by atoms with Gasteiger partial charge in [-0.15, -0.1) is 0 Å². The van der Waals surface area contributed by atoms with Crippen molar-refractivity contribution in [1.82, 2.24) is 0 Å². The SMILES string of the molecule is C=C(COC(=O)/C=C/c1ccccc1)C(=O)O. The first kappa shape index (κ1) is 12.7. The molecule has 1 N–H and O–H groups in total. The first-order valence-electron chi connectivity index (χ1n) is 4.90. The Labute approximate surface area is 98.8 Å². The van der Waals surface area contributed by atoms with Gasteiger partial charge in [0.25, 0.3) is 0 Å². The molecule has 0 atom stereocenters. The monoisotopic (exact) mass is 232 g/mol. The standard InChI is InChI=1S/C13H12O4/c1-10(13(15)16)9-17-12(14)8-7-11-5-3-2-4-6-11/h2-8H,1,9H2,(H,15,16)/b8-7+. The van der Waals surface area contributed by atoms with Crippen LogP contribution in [0.1, 0.15) is 5.56 Å². The van der Waals surface area contributed by atoms with Crippen molar-refractivity contribution in [3.63, 3.8) is 0 Å². The fourth-order valence-electron chi connectivity index (χ4n) is 0.997. The number of carboxylic acid groups (broad SMARTS) is 1. The van der Waals surface area contributed by atoms with Crippen molar-refractivity contribution in [3.05, 3.63) is 54.1 Å². The molecule has 0 radical (unpaired) electrons. The molecule has 0 aliphatic carbocycles. The maximum absolute atomic E-state index is 11.2. The lowest BCUT2D eigenvalue weighted by Gasteiger charge is -2.00. The molecule has 0 amide bonds. The predicted molar refractivity (Wildman–Crippen MR) is 63.2 cm³/mol. The third-order valence-electron chi connectivity index (χ3n) is 1.90. The highest BCUT2D eigenvalue weighted by Gasteiger charge is 2.05. The Hall–Kier alpha value is -2.36. The Morgan fingerprint density at radius 2 is 1.94 bits per heavy atom. The van der Waals surface area contributed by atoms with Crippen molar-refractivity contribution in [2.45, 2.75) is 0 Å². The highest BCUT2D eigenvalue weighted by Crippen LogP contribution is 2.01. The second kappa shape index (κ2) is 6.27. The molecule has 0 aliphatic heterocycles. The van der Waals surface area contributed by atoms with Crippen LogP contribution in [0, 0.1) is 0 Å². The molecule has 1 rings (SSSR count). The molecular formula is C13H12O4. The zero-order valence-electron chi connectivity index (χ0n) is 9.13. The van der Waals surface area contributed by atoms with E-state index in [2.05, 4.69) is 11.3 Å². The Kier molecular flexibility index (Phi) is 4.69. The van der Waals surface area contributed by atoms with Gasteiger partial charge in [-0.3, -0.25) is 0 Å². The van der Waals surface area contributed by atoms with Gasteiger partial charge in [0.15, 0.2) is 0 Å². The Morgan fingerprint density at radius 3 is 2.53 bits per heavy atom. The smallest absolute Gasteiger partial charge is 0.334 e. The van der Waals surface area contributed by atoms with Crippen LogP contribution in [0.4, 0.5) is 0 Å². The number of carbonyl (C=O) groups is 2. The maximum Gasteiger partial charge on any atom is 0.334 e. The average Bonchev–Trinajstić information content (AvgIpc) is 2.34. The van der Waals surface area contributed by atoms with Gasteiger partial charge in [-0.25, -0.2) is 9.59 Å². The first-order valence-corrected chi connectivity index (χ1v) is 4.90. The average molecular weight is 232 g/mol. The van der Waals surface area contributed by atoms with Crippen LogP contribution in [-0.4, -0.2) is 23.7 Å². The van der Waals surface area contributed by atoms with Crippen molar-refractivity contribution >= 4 is 18.0 Å². The summed E-state index contributed by atoms with van der Waals surface area (Å²) in [6.45, 7) is 2.93. The van der Waals surface area contributed by atoms with E-state index in [0.29, 0.717) is 0 Å². The molecular weight excluding hydrogens is 220 g/mol. The zero-order valence-corrected chi connectivity index (χ0v) is 9.13. The van der Waals surface area contributed by atoms with E-state index in [-0.39, 0.29) is 12.2 Å². The number of hydrogen-bond donors (Lipinski definition) is 1. The van der Waals surface area contributed by atoms with Gasteiger partial charge in [-0.1, -0.05) is 36.9 Å². The van der Waals surface area contributed by atoms with E-state index in [9.17, 15) is 9.59 Å². The molecule has 0 saturated carbocycles. The quantitative estimate of drug-likeness (QED) is 0.622. The second-order valence-electron chi connectivity index (χ2n) is 3.26. The van der Waals surface area contributed by atoms with Gasteiger partial charge in [0.05, 0.1) is 5.57 Å². The van der Waals surface area contributed by atoms with Crippen LogP contribution in [0.25, 0.3) is 6.08 Å². The first-order chi connectivity index (χ1) is 8.09. The van der Waals surface area contributed by atoms with Crippen LogP contribution in [0.2, 0.25) is 0 Å². The fraction of sp³-hybridized carbons (Fsp3) is 0.0769. The van der Waals surface area contributed by atoms with E-state index < -0.39 is 11.9 Å². The normalized spacial score (nSPS) is 10.1. The van der Waals surface area contributed by atoms with Crippen molar-refractivity contribution in [2.24, 2.45) is 0 Å². The molecule has 88 valence electrons. The Balaban J connectivity index is 2.43. The lowest BCUT2D eigenvalue weighted by atomic mass is 10.2. The van der Waals surface area contributed by atoms with Crippen LogP contribution in [0.5, 0.6) is 0 Å². The highest BCUT2D eigenvalue weighted by atomic mass is 16.5. The second-order valence-corrected chi connectivity index (χ2v) is 3.26. The summed E-state index contributed by atoms with van der Waals surface area (Å²) in [5.74, 6) is -1.78. The Bertz CT molecular complexity index is 446. The van der Waals surface area contributed by atoms with Gasteiger partial charge in [-0.05, 0) is 11.6 Å². The predicted octanol–water partition coefficient (Wildman–Crippen LogP) is 1.88. The summed E-state index contributed by atoms with van der Waals surface area (Å²) in [4.78, 5) is 21.6. The molecule has 0 spiro atoms. The van der Waals surface area contributed by atoms with Crippen LogP contribution in [-0.2, 0) is 14.3 Å². The van der Waals surface area contributed by atoms with E-state index in [1.54, 1.807) is 6.08 Å². The minimum Gasteiger partial charge on any atom is -0.478 e. The molecule has 0 saturated heterocycles. The van der Waals surface area contributed by atoms with Gasteiger partial charge in [0, 0.05) is 6.08 Å². The van der Waals surface area contributed by atoms with Gasteiger partial charge in [-0.2, -0.15) is 0 Å². The number of carboxylic acids is 1.